The molecule has 0 amide bonds. The molecule has 3 rings (SSSR count). The van der Waals surface area contributed by atoms with Crippen LogP contribution >= 0.6 is 27.3 Å². The van der Waals surface area contributed by atoms with Crippen LogP contribution in [0.5, 0.6) is 0 Å². The largest absolute Gasteiger partial charge is 0.378 e. The summed E-state index contributed by atoms with van der Waals surface area (Å²) in [7, 11) is 0. The summed E-state index contributed by atoms with van der Waals surface area (Å²) in [6.45, 7) is 3.10. The van der Waals surface area contributed by atoms with Crippen molar-refractivity contribution in [1.82, 2.24) is 4.98 Å². The van der Waals surface area contributed by atoms with Gasteiger partial charge in [-0.15, -0.1) is 11.3 Å². The highest BCUT2D eigenvalue weighted by Gasteiger charge is 2.25. The molecule has 2 atom stereocenters. The first kappa shape index (κ1) is 15.2. The standard InChI is InChI=1S/C17H20BrNOS/c1-2-3-15-10-13(8-9-20-15)17-19-16(11-21-17)12-4-6-14(18)7-5-12/h4-7,11,13,15H,2-3,8-10H2,1H3/t13-,15-/m0/s1. The maximum Gasteiger partial charge on any atom is 0.0965 e. The molecule has 0 bridgehead atoms. The number of thiazole rings is 1. The second kappa shape index (κ2) is 7.03. The Balaban J connectivity index is 1.73. The molecular weight excluding hydrogens is 346 g/mol. The van der Waals surface area contributed by atoms with Crippen LogP contribution < -0.4 is 0 Å². The van der Waals surface area contributed by atoms with Crippen molar-refractivity contribution in [3.63, 3.8) is 0 Å². The van der Waals surface area contributed by atoms with Crippen molar-refractivity contribution >= 4 is 27.3 Å². The minimum atomic E-state index is 0.425. The normalized spacial score (nSPS) is 22.4. The molecule has 1 aromatic carbocycles. The summed E-state index contributed by atoms with van der Waals surface area (Å²) in [6.07, 6.45) is 5.02. The molecule has 2 heterocycles. The van der Waals surface area contributed by atoms with E-state index in [1.54, 1.807) is 11.3 Å². The molecule has 0 spiro atoms. The lowest BCUT2D eigenvalue weighted by Gasteiger charge is -2.28. The number of rotatable bonds is 4. The molecule has 0 saturated carbocycles. The molecule has 2 nitrogen and oxygen atoms in total. The quantitative estimate of drug-likeness (QED) is 0.699. The minimum absolute atomic E-state index is 0.425. The number of ether oxygens (including phenoxy) is 1. The molecule has 0 aliphatic carbocycles. The van der Waals surface area contributed by atoms with Crippen LogP contribution in [0.2, 0.25) is 0 Å². The summed E-state index contributed by atoms with van der Waals surface area (Å²) in [5, 5.41) is 3.46. The Labute approximate surface area is 138 Å². The van der Waals surface area contributed by atoms with E-state index in [9.17, 15) is 0 Å². The SMILES string of the molecule is CCC[C@H]1C[C@@H](c2nc(-c3ccc(Br)cc3)cs2)CCO1. The molecule has 112 valence electrons. The third-order valence-electron chi connectivity index (χ3n) is 3.99. The number of hydrogen-bond donors (Lipinski definition) is 0. The molecule has 1 saturated heterocycles. The van der Waals surface area contributed by atoms with Gasteiger partial charge in [0.25, 0.3) is 0 Å². The number of benzene rings is 1. The molecule has 1 aliphatic heterocycles. The average Bonchev–Trinajstić information content (AvgIpc) is 2.98. The van der Waals surface area contributed by atoms with E-state index in [0.29, 0.717) is 12.0 Å². The van der Waals surface area contributed by atoms with Crippen molar-refractivity contribution < 1.29 is 4.74 Å². The second-order valence-corrected chi connectivity index (χ2v) is 7.39. The zero-order valence-corrected chi connectivity index (χ0v) is 14.6. The predicted molar refractivity (Wildman–Crippen MR) is 91.9 cm³/mol. The summed E-state index contributed by atoms with van der Waals surface area (Å²) in [4.78, 5) is 4.88. The first-order valence-corrected chi connectivity index (χ1v) is 9.26. The predicted octanol–water partition coefficient (Wildman–Crippen LogP) is 5.64. The summed E-state index contributed by atoms with van der Waals surface area (Å²) in [5.41, 5.74) is 2.29. The number of nitrogens with zero attached hydrogens (tertiary/aromatic N) is 1. The van der Waals surface area contributed by atoms with Gasteiger partial charge in [-0.1, -0.05) is 41.4 Å². The van der Waals surface area contributed by atoms with Crippen LogP contribution in [0.15, 0.2) is 34.1 Å². The van der Waals surface area contributed by atoms with E-state index in [4.69, 9.17) is 9.72 Å². The Hall–Kier alpha value is -0.710. The summed E-state index contributed by atoms with van der Waals surface area (Å²) in [6, 6.07) is 8.37. The van der Waals surface area contributed by atoms with Gasteiger partial charge in [-0.05, 0) is 31.4 Å². The maximum atomic E-state index is 5.85. The lowest BCUT2D eigenvalue weighted by Crippen LogP contribution is -2.24. The van der Waals surface area contributed by atoms with Gasteiger partial charge >= 0.3 is 0 Å². The van der Waals surface area contributed by atoms with E-state index < -0.39 is 0 Å². The molecule has 0 N–H and O–H groups in total. The van der Waals surface area contributed by atoms with E-state index in [0.717, 1.165) is 29.6 Å². The molecular formula is C17H20BrNOS. The van der Waals surface area contributed by atoms with Crippen molar-refractivity contribution in [2.24, 2.45) is 0 Å². The van der Waals surface area contributed by atoms with Gasteiger partial charge in [0.2, 0.25) is 0 Å². The van der Waals surface area contributed by atoms with Gasteiger partial charge in [-0.25, -0.2) is 4.98 Å². The highest BCUT2D eigenvalue weighted by atomic mass is 79.9. The Morgan fingerprint density at radius 3 is 2.90 bits per heavy atom. The van der Waals surface area contributed by atoms with Crippen molar-refractivity contribution in [1.29, 1.82) is 0 Å². The lowest BCUT2D eigenvalue weighted by atomic mass is 9.94. The number of halogens is 1. The van der Waals surface area contributed by atoms with Gasteiger partial charge in [0, 0.05) is 27.9 Å². The van der Waals surface area contributed by atoms with Crippen LogP contribution in [0.4, 0.5) is 0 Å². The Morgan fingerprint density at radius 1 is 1.33 bits per heavy atom. The smallest absolute Gasteiger partial charge is 0.0965 e. The highest BCUT2D eigenvalue weighted by molar-refractivity contribution is 9.10. The van der Waals surface area contributed by atoms with E-state index in [1.807, 2.05) is 0 Å². The molecule has 0 unspecified atom stereocenters. The zero-order valence-electron chi connectivity index (χ0n) is 12.2. The van der Waals surface area contributed by atoms with Gasteiger partial charge in [0.1, 0.15) is 0 Å². The average molecular weight is 366 g/mol. The van der Waals surface area contributed by atoms with Gasteiger partial charge in [0.05, 0.1) is 16.8 Å². The molecule has 21 heavy (non-hydrogen) atoms. The number of hydrogen-bond acceptors (Lipinski definition) is 3. The fourth-order valence-corrected chi connectivity index (χ4v) is 4.10. The van der Waals surface area contributed by atoms with E-state index in [1.165, 1.54) is 23.4 Å². The minimum Gasteiger partial charge on any atom is -0.378 e. The van der Waals surface area contributed by atoms with Crippen LogP contribution in [0.25, 0.3) is 11.3 Å². The maximum absolute atomic E-state index is 5.85. The summed E-state index contributed by atoms with van der Waals surface area (Å²) in [5.74, 6) is 0.574. The van der Waals surface area contributed by atoms with Crippen LogP contribution in [0.1, 0.15) is 43.5 Å². The Morgan fingerprint density at radius 2 is 2.14 bits per heavy atom. The lowest BCUT2D eigenvalue weighted by molar-refractivity contribution is 0.00161. The van der Waals surface area contributed by atoms with Gasteiger partial charge in [-0.3, -0.25) is 0 Å². The van der Waals surface area contributed by atoms with Crippen LogP contribution in [0.3, 0.4) is 0 Å². The van der Waals surface area contributed by atoms with E-state index in [2.05, 4.69) is 52.5 Å². The molecule has 4 heteroatoms. The Kier molecular flexibility index (Phi) is 5.09. The van der Waals surface area contributed by atoms with Crippen LogP contribution in [-0.4, -0.2) is 17.7 Å². The van der Waals surface area contributed by atoms with Crippen LogP contribution in [-0.2, 0) is 4.74 Å². The molecule has 1 aliphatic rings. The van der Waals surface area contributed by atoms with Crippen molar-refractivity contribution in [2.75, 3.05) is 6.61 Å². The van der Waals surface area contributed by atoms with Crippen LogP contribution in [0, 0.1) is 0 Å². The fourth-order valence-electron chi connectivity index (χ4n) is 2.86. The topological polar surface area (TPSA) is 22.1 Å². The Bertz CT molecular complexity index is 579. The third kappa shape index (κ3) is 3.74. The number of aromatic nitrogens is 1. The molecule has 1 fully saturated rings. The van der Waals surface area contributed by atoms with E-state index in [-0.39, 0.29) is 0 Å². The van der Waals surface area contributed by atoms with E-state index >= 15 is 0 Å². The zero-order chi connectivity index (χ0) is 14.7. The van der Waals surface area contributed by atoms with Gasteiger partial charge < -0.3 is 4.74 Å². The monoisotopic (exact) mass is 365 g/mol. The fraction of sp³-hybridized carbons (Fsp3) is 0.471. The van der Waals surface area contributed by atoms with Gasteiger partial charge in [0.15, 0.2) is 0 Å². The van der Waals surface area contributed by atoms with Crippen molar-refractivity contribution in [2.45, 2.75) is 44.6 Å². The first-order chi connectivity index (χ1) is 10.3. The van der Waals surface area contributed by atoms with Gasteiger partial charge in [-0.2, -0.15) is 0 Å². The highest BCUT2D eigenvalue weighted by Crippen LogP contribution is 2.35. The summed E-state index contributed by atoms with van der Waals surface area (Å²) < 4.78 is 6.95. The molecule has 0 radical (unpaired) electrons. The van der Waals surface area contributed by atoms with Crippen molar-refractivity contribution in [3.8, 4) is 11.3 Å². The first-order valence-electron chi connectivity index (χ1n) is 7.59. The second-order valence-electron chi connectivity index (χ2n) is 5.58. The summed E-state index contributed by atoms with van der Waals surface area (Å²) >= 11 is 5.27. The third-order valence-corrected chi connectivity index (χ3v) is 5.52. The molecule has 2 aromatic rings. The molecule has 1 aromatic heterocycles. The van der Waals surface area contributed by atoms with Crippen molar-refractivity contribution in [3.05, 3.63) is 39.1 Å².